The number of nitrogens with zero attached hydrogens (tertiary/aromatic N) is 1. The molecule has 1 aliphatic carbocycles. The number of aryl methyl sites for hydroxylation is 1. The van der Waals surface area contributed by atoms with Crippen LogP contribution in [0.5, 0.6) is 0 Å². The van der Waals surface area contributed by atoms with Gasteiger partial charge in [0.1, 0.15) is 0 Å². The first-order chi connectivity index (χ1) is 12.7. The van der Waals surface area contributed by atoms with Gasteiger partial charge in [-0.2, -0.15) is 0 Å². The van der Waals surface area contributed by atoms with Crippen LogP contribution in [0.2, 0.25) is 0 Å². The maximum absolute atomic E-state index is 13.1. The molecular formula is C22H23NO2S. The lowest BCUT2D eigenvalue weighted by Gasteiger charge is -2.25. The van der Waals surface area contributed by atoms with Crippen molar-refractivity contribution in [2.45, 2.75) is 37.0 Å². The number of likely N-dealkylation sites (tertiary alicyclic amines) is 1. The van der Waals surface area contributed by atoms with Crippen LogP contribution in [0, 0.1) is 0 Å². The van der Waals surface area contributed by atoms with Gasteiger partial charge in [-0.15, -0.1) is 0 Å². The minimum Gasteiger partial charge on any atom is -0.292 e. The van der Waals surface area contributed by atoms with E-state index < -0.39 is 0 Å². The molecular weight excluding hydrogens is 342 g/mol. The highest BCUT2D eigenvalue weighted by atomic mass is 32.2. The molecule has 0 amide bonds. The molecule has 2 atom stereocenters. The zero-order valence-electron chi connectivity index (χ0n) is 14.8. The van der Waals surface area contributed by atoms with Crippen LogP contribution in [0.1, 0.15) is 45.5 Å². The Morgan fingerprint density at radius 2 is 1.77 bits per heavy atom. The van der Waals surface area contributed by atoms with E-state index >= 15 is 0 Å². The first-order valence-electron chi connectivity index (χ1n) is 9.34. The van der Waals surface area contributed by atoms with Crippen molar-refractivity contribution in [3.05, 3.63) is 71.3 Å². The van der Waals surface area contributed by atoms with E-state index in [4.69, 9.17) is 0 Å². The molecule has 2 aromatic rings. The minimum atomic E-state index is -0.0314. The SMILES string of the molecule is O=C(S[C@H]1CCN(C2CCCc3ccccc3C2=O)C1)c1ccccc1. The number of hydrogen-bond acceptors (Lipinski definition) is 4. The number of thioether (sulfide) groups is 1. The summed E-state index contributed by atoms with van der Waals surface area (Å²) < 4.78 is 0. The number of ketones is 1. The molecule has 0 N–H and O–H groups in total. The highest BCUT2D eigenvalue weighted by Crippen LogP contribution is 2.31. The van der Waals surface area contributed by atoms with Crippen LogP contribution in [-0.4, -0.2) is 40.2 Å². The number of fused-ring (bicyclic) bond motifs is 1. The second-order valence-electron chi connectivity index (χ2n) is 7.11. The highest BCUT2D eigenvalue weighted by molar-refractivity contribution is 8.14. The van der Waals surface area contributed by atoms with Gasteiger partial charge >= 0.3 is 0 Å². The fourth-order valence-electron chi connectivity index (χ4n) is 4.05. The van der Waals surface area contributed by atoms with Gasteiger partial charge in [0.25, 0.3) is 0 Å². The summed E-state index contributed by atoms with van der Waals surface area (Å²) in [5, 5.41) is 0.406. The summed E-state index contributed by atoms with van der Waals surface area (Å²) in [6.45, 7) is 1.72. The van der Waals surface area contributed by atoms with E-state index in [1.807, 2.05) is 48.5 Å². The normalized spacial score (nSPS) is 23.5. The number of Topliss-reactive ketones (excluding diaryl/α,β-unsaturated/α-hetero) is 1. The van der Waals surface area contributed by atoms with E-state index in [0.717, 1.165) is 49.9 Å². The molecule has 134 valence electrons. The van der Waals surface area contributed by atoms with Crippen LogP contribution in [0.25, 0.3) is 0 Å². The third-order valence-corrected chi connectivity index (χ3v) is 6.58. The molecule has 2 aromatic carbocycles. The number of rotatable bonds is 3. The Balaban J connectivity index is 1.42. The standard InChI is InChI=1S/C22H23NO2S/c24-21-19-11-5-4-7-16(19)10-6-12-20(21)23-14-13-18(15-23)26-22(25)17-8-2-1-3-9-17/h1-5,7-9,11,18,20H,6,10,12-15H2/t18-,20?/m0/s1. The summed E-state index contributed by atoms with van der Waals surface area (Å²) in [6, 6.07) is 17.5. The first-order valence-corrected chi connectivity index (χ1v) is 10.2. The molecule has 26 heavy (non-hydrogen) atoms. The summed E-state index contributed by atoms with van der Waals surface area (Å²) in [7, 11) is 0. The molecule has 1 heterocycles. The highest BCUT2D eigenvalue weighted by Gasteiger charge is 2.35. The van der Waals surface area contributed by atoms with E-state index in [0.29, 0.717) is 0 Å². The van der Waals surface area contributed by atoms with Crippen LogP contribution < -0.4 is 0 Å². The molecule has 0 radical (unpaired) electrons. The number of hydrogen-bond donors (Lipinski definition) is 0. The Hall–Kier alpha value is -1.91. The van der Waals surface area contributed by atoms with Gasteiger partial charge in [0.05, 0.1) is 6.04 Å². The molecule has 1 aliphatic heterocycles. The van der Waals surface area contributed by atoms with Crippen LogP contribution in [-0.2, 0) is 6.42 Å². The van der Waals surface area contributed by atoms with Crippen LogP contribution >= 0.6 is 11.8 Å². The molecule has 4 heteroatoms. The molecule has 0 saturated carbocycles. The Labute approximate surface area is 158 Å². The second-order valence-corrected chi connectivity index (χ2v) is 8.38. The predicted octanol–water partition coefficient (Wildman–Crippen LogP) is 4.22. The first kappa shape index (κ1) is 17.5. The van der Waals surface area contributed by atoms with Crippen molar-refractivity contribution >= 4 is 22.7 Å². The maximum atomic E-state index is 13.1. The summed E-state index contributed by atoms with van der Waals surface area (Å²) in [4.78, 5) is 27.8. The summed E-state index contributed by atoms with van der Waals surface area (Å²) in [6.07, 6.45) is 3.91. The summed E-state index contributed by atoms with van der Waals surface area (Å²) in [5.74, 6) is 0.262. The molecule has 0 spiro atoms. The van der Waals surface area contributed by atoms with Crippen molar-refractivity contribution in [3.63, 3.8) is 0 Å². The van der Waals surface area contributed by atoms with E-state index in [9.17, 15) is 9.59 Å². The van der Waals surface area contributed by atoms with Crippen LogP contribution in [0.15, 0.2) is 54.6 Å². The average molecular weight is 365 g/mol. The van der Waals surface area contributed by atoms with Crippen LogP contribution in [0.4, 0.5) is 0 Å². The molecule has 2 aliphatic rings. The van der Waals surface area contributed by atoms with Crippen molar-refractivity contribution in [1.29, 1.82) is 0 Å². The van der Waals surface area contributed by atoms with E-state index in [1.54, 1.807) is 0 Å². The number of benzene rings is 2. The predicted molar refractivity (Wildman–Crippen MR) is 106 cm³/mol. The topological polar surface area (TPSA) is 37.4 Å². The molecule has 4 rings (SSSR count). The molecule has 0 aromatic heterocycles. The minimum absolute atomic E-state index is 0.0314. The third-order valence-electron chi connectivity index (χ3n) is 5.41. The van der Waals surface area contributed by atoms with Gasteiger partial charge in [0.2, 0.25) is 5.12 Å². The molecule has 1 fully saturated rings. The van der Waals surface area contributed by atoms with Crippen molar-refractivity contribution in [1.82, 2.24) is 4.90 Å². The monoisotopic (exact) mass is 365 g/mol. The molecule has 0 bridgehead atoms. The van der Waals surface area contributed by atoms with Gasteiger partial charge in [-0.1, -0.05) is 66.4 Å². The van der Waals surface area contributed by atoms with Gasteiger partial charge in [-0.25, -0.2) is 0 Å². The van der Waals surface area contributed by atoms with Gasteiger partial charge in [-0.3, -0.25) is 14.5 Å². The Bertz CT molecular complexity index is 805. The number of carbonyl (C=O) groups is 2. The van der Waals surface area contributed by atoms with Crippen molar-refractivity contribution in [2.75, 3.05) is 13.1 Å². The fraction of sp³-hybridized carbons (Fsp3) is 0.364. The van der Waals surface area contributed by atoms with Gasteiger partial charge < -0.3 is 0 Å². The van der Waals surface area contributed by atoms with Gasteiger partial charge in [-0.05, 0) is 31.2 Å². The lowest BCUT2D eigenvalue weighted by Crippen LogP contribution is -2.39. The fourth-order valence-corrected chi connectivity index (χ4v) is 5.11. The van der Waals surface area contributed by atoms with E-state index in [-0.39, 0.29) is 22.2 Å². The van der Waals surface area contributed by atoms with Crippen molar-refractivity contribution < 1.29 is 9.59 Å². The van der Waals surface area contributed by atoms with Crippen molar-refractivity contribution in [3.8, 4) is 0 Å². The largest absolute Gasteiger partial charge is 0.292 e. The maximum Gasteiger partial charge on any atom is 0.219 e. The average Bonchev–Trinajstić information content (AvgIpc) is 3.06. The second kappa shape index (κ2) is 7.77. The Morgan fingerprint density at radius 1 is 1.00 bits per heavy atom. The van der Waals surface area contributed by atoms with Crippen molar-refractivity contribution in [2.24, 2.45) is 0 Å². The molecule has 3 nitrogen and oxygen atoms in total. The zero-order valence-corrected chi connectivity index (χ0v) is 15.6. The quantitative estimate of drug-likeness (QED) is 0.763. The summed E-state index contributed by atoms with van der Waals surface area (Å²) in [5.41, 5.74) is 2.84. The van der Waals surface area contributed by atoms with Crippen LogP contribution in [0.3, 0.4) is 0 Å². The zero-order chi connectivity index (χ0) is 17.9. The van der Waals surface area contributed by atoms with E-state index in [2.05, 4.69) is 11.0 Å². The smallest absolute Gasteiger partial charge is 0.219 e. The Kier molecular flexibility index (Phi) is 5.23. The number of carbonyl (C=O) groups excluding carboxylic acids is 2. The van der Waals surface area contributed by atoms with Gasteiger partial charge in [0.15, 0.2) is 5.78 Å². The van der Waals surface area contributed by atoms with E-state index in [1.165, 1.54) is 17.3 Å². The third kappa shape index (κ3) is 3.62. The van der Waals surface area contributed by atoms with Gasteiger partial charge in [0, 0.05) is 29.5 Å². The lowest BCUT2D eigenvalue weighted by atomic mass is 10.00. The lowest BCUT2D eigenvalue weighted by molar-refractivity contribution is 0.0842. The molecule has 1 unspecified atom stereocenters. The Morgan fingerprint density at radius 3 is 2.62 bits per heavy atom. The molecule has 1 saturated heterocycles. The summed E-state index contributed by atoms with van der Waals surface area (Å²) >= 11 is 1.43.